The number of sulfonamides is 1. The van der Waals surface area contributed by atoms with Crippen LogP contribution < -0.4 is 20.3 Å². The SMILES string of the molecule is CC1CN(c2ccc(Nc3ncc4ccn(Cc5ccccc5NS(C)(=O)=O)c4n3)cc2)CCN1. The van der Waals surface area contributed by atoms with E-state index in [-0.39, 0.29) is 0 Å². The summed E-state index contributed by atoms with van der Waals surface area (Å²) in [6.07, 6.45) is 4.87. The number of rotatable bonds is 7. The van der Waals surface area contributed by atoms with Crippen molar-refractivity contribution >= 4 is 44.1 Å². The highest BCUT2D eigenvalue weighted by atomic mass is 32.2. The molecule has 3 N–H and O–H groups in total. The molecule has 1 atom stereocenters. The topological polar surface area (TPSA) is 104 Å². The second-order valence-electron chi connectivity index (χ2n) is 8.92. The number of anilines is 4. The standard InChI is InChI=1S/C25H29N7O2S/c1-18-16-31(14-12-26-18)22-9-7-21(8-10-22)28-25-27-15-19-11-13-32(24(19)29-25)17-20-5-3-4-6-23(20)30-35(2,33)34/h3-11,13,15,18,26,30H,12,14,16-17H2,1-2H3,(H,27,28,29). The van der Waals surface area contributed by atoms with Crippen LogP contribution in [0.5, 0.6) is 0 Å². The summed E-state index contributed by atoms with van der Waals surface area (Å²) in [5.41, 5.74) is 4.29. The Morgan fingerprint density at radius 1 is 1.11 bits per heavy atom. The summed E-state index contributed by atoms with van der Waals surface area (Å²) in [6.45, 7) is 5.65. The van der Waals surface area contributed by atoms with Gasteiger partial charge in [0.25, 0.3) is 0 Å². The van der Waals surface area contributed by atoms with Crippen molar-refractivity contribution in [1.29, 1.82) is 0 Å². The summed E-state index contributed by atoms with van der Waals surface area (Å²) in [4.78, 5) is 11.6. The quantitative estimate of drug-likeness (QED) is 0.364. The first-order valence-electron chi connectivity index (χ1n) is 11.6. The number of fused-ring (bicyclic) bond motifs is 1. The zero-order valence-corrected chi connectivity index (χ0v) is 20.6. The minimum atomic E-state index is -3.38. The van der Waals surface area contributed by atoms with Gasteiger partial charge in [0.1, 0.15) is 5.65 Å². The molecule has 0 radical (unpaired) electrons. The number of piperazine rings is 1. The molecular weight excluding hydrogens is 462 g/mol. The van der Waals surface area contributed by atoms with Crippen molar-refractivity contribution in [2.24, 2.45) is 0 Å². The van der Waals surface area contributed by atoms with Crippen molar-refractivity contribution in [2.45, 2.75) is 19.5 Å². The van der Waals surface area contributed by atoms with Gasteiger partial charge in [-0.1, -0.05) is 18.2 Å². The lowest BCUT2D eigenvalue weighted by Gasteiger charge is -2.33. The minimum absolute atomic E-state index is 0.469. The number of para-hydroxylation sites is 1. The molecule has 4 aromatic rings. The Morgan fingerprint density at radius 2 is 1.91 bits per heavy atom. The van der Waals surface area contributed by atoms with Gasteiger partial charge in [0, 0.05) is 54.8 Å². The van der Waals surface area contributed by atoms with E-state index >= 15 is 0 Å². The third-order valence-corrected chi connectivity index (χ3v) is 6.60. The summed E-state index contributed by atoms with van der Waals surface area (Å²) in [5, 5.41) is 7.68. The van der Waals surface area contributed by atoms with Crippen LogP contribution >= 0.6 is 0 Å². The van der Waals surface area contributed by atoms with Crippen molar-refractivity contribution in [2.75, 3.05) is 40.8 Å². The van der Waals surface area contributed by atoms with Gasteiger partial charge < -0.3 is 20.1 Å². The first-order valence-corrected chi connectivity index (χ1v) is 13.5. The number of nitrogens with one attached hydrogen (secondary N) is 3. The summed E-state index contributed by atoms with van der Waals surface area (Å²) in [5.74, 6) is 0.503. The molecule has 1 aliphatic rings. The van der Waals surface area contributed by atoms with E-state index in [2.05, 4.69) is 44.3 Å². The van der Waals surface area contributed by atoms with E-state index in [1.165, 1.54) is 5.69 Å². The van der Waals surface area contributed by atoms with Gasteiger partial charge in [-0.25, -0.2) is 13.4 Å². The van der Waals surface area contributed by atoms with Crippen LogP contribution in [-0.2, 0) is 16.6 Å². The Hall–Kier alpha value is -3.63. The molecule has 0 saturated carbocycles. The Balaban J connectivity index is 1.35. The Labute approximate surface area is 205 Å². The van der Waals surface area contributed by atoms with E-state index in [9.17, 15) is 8.42 Å². The van der Waals surface area contributed by atoms with E-state index in [1.54, 1.807) is 12.3 Å². The molecule has 9 nitrogen and oxygen atoms in total. The Bertz CT molecular complexity index is 1430. The van der Waals surface area contributed by atoms with Crippen molar-refractivity contribution < 1.29 is 8.42 Å². The lowest BCUT2D eigenvalue weighted by molar-refractivity contribution is 0.485. The van der Waals surface area contributed by atoms with Crippen LogP contribution in [0.15, 0.2) is 67.0 Å². The molecule has 10 heteroatoms. The molecule has 2 aromatic carbocycles. The first kappa shape index (κ1) is 23.1. The molecule has 0 spiro atoms. The molecule has 1 unspecified atom stereocenters. The van der Waals surface area contributed by atoms with Crippen LogP contribution in [0.1, 0.15) is 12.5 Å². The third-order valence-electron chi connectivity index (χ3n) is 6.01. The molecule has 0 bridgehead atoms. The number of hydrogen-bond acceptors (Lipinski definition) is 7. The van der Waals surface area contributed by atoms with Gasteiger partial charge in [-0.2, -0.15) is 4.98 Å². The van der Waals surface area contributed by atoms with Gasteiger partial charge in [0.05, 0.1) is 18.5 Å². The number of nitrogens with zero attached hydrogens (tertiary/aromatic N) is 4. The fourth-order valence-corrected chi connectivity index (χ4v) is 4.95. The molecule has 0 amide bonds. The molecule has 182 valence electrons. The average molecular weight is 492 g/mol. The van der Waals surface area contributed by atoms with Crippen LogP contribution in [0.3, 0.4) is 0 Å². The molecule has 3 heterocycles. The number of benzene rings is 2. The molecular formula is C25H29N7O2S. The molecule has 1 aliphatic heterocycles. The highest BCUT2D eigenvalue weighted by Crippen LogP contribution is 2.24. The van der Waals surface area contributed by atoms with Gasteiger partial charge in [-0.15, -0.1) is 0 Å². The monoisotopic (exact) mass is 491 g/mol. The van der Waals surface area contributed by atoms with Crippen LogP contribution in [-0.4, -0.2) is 54.9 Å². The molecule has 2 aromatic heterocycles. The predicted octanol–water partition coefficient (Wildman–Crippen LogP) is 3.39. The van der Waals surface area contributed by atoms with E-state index in [4.69, 9.17) is 4.98 Å². The van der Waals surface area contributed by atoms with E-state index < -0.39 is 10.0 Å². The molecule has 0 aliphatic carbocycles. The lowest BCUT2D eigenvalue weighted by atomic mass is 10.2. The summed E-state index contributed by atoms with van der Waals surface area (Å²) >= 11 is 0. The smallest absolute Gasteiger partial charge is 0.229 e. The molecule has 35 heavy (non-hydrogen) atoms. The fraction of sp³-hybridized carbons (Fsp3) is 0.280. The summed E-state index contributed by atoms with van der Waals surface area (Å²) < 4.78 is 28.1. The highest BCUT2D eigenvalue weighted by molar-refractivity contribution is 7.92. The highest BCUT2D eigenvalue weighted by Gasteiger charge is 2.16. The van der Waals surface area contributed by atoms with Gasteiger partial charge in [0.15, 0.2) is 0 Å². The lowest BCUT2D eigenvalue weighted by Crippen LogP contribution is -2.49. The van der Waals surface area contributed by atoms with Gasteiger partial charge in [-0.3, -0.25) is 4.72 Å². The van der Waals surface area contributed by atoms with Gasteiger partial charge in [-0.05, 0) is 48.9 Å². The normalized spacial score (nSPS) is 16.4. The third kappa shape index (κ3) is 5.55. The maximum Gasteiger partial charge on any atom is 0.229 e. The molecule has 1 fully saturated rings. The summed E-state index contributed by atoms with van der Waals surface area (Å²) in [6, 6.07) is 18.1. The zero-order valence-electron chi connectivity index (χ0n) is 19.8. The average Bonchev–Trinajstić information content (AvgIpc) is 3.22. The minimum Gasteiger partial charge on any atom is -0.369 e. The molecule has 1 saturated heterocycles. The largest absolute Gasteiger partial charge is 0.369 e. The van der Waals surface area contributed by atoms with Crippen molar-refractivity contribution in [3.05, 3.63) is 72.6 Å². The Kier molecular flexibility index (Phi) is 6.31. The fourth-order valence-electron chi connectivity index (χ4n) is 4.35. The van der Waals surface area contributed by atoms with Crippen molar-refractivity contribution in [3.63, 3.8) is 0 Å². The van der Waals surface area contributed by atoms with Crippen LogP contribution in [0, 0.1) is 0 Å². The summed E-state index contributed by atoms with van der Waals surface area (Å²) in [7, 11) is -3.38. The predicted molar refractivity (Wildman–Crippen MR) is 141 cm³/mol. The second-order valence-corrected chi connectivity index (χ2v) is 10.7. The maximum atomic E-state index is 11.8. The van der Waals surface area contributed by atoms with Gasteiger partial charge >= 0.3 is 0 Å². The van der Waals surface area contributed by atoms with E-state index in [0.717, 1.165) is 48.2 Å². The zero-order chi connectivity index (χ0) is 24.4. The number of aromatic nitrogens is 3. The van der Waals surface area contributed by atoms with Crippen molar-refractivity contribution in [1.82, 2.24) is 19.9 Å². The molecule has 5 rings (SSSR count). The number of hydrogen-bond donors (Lipinski definition) is 3. The van der Waals surface area contributed by atoms with Crippen molar-refractivity contribution in [3.8, 4) is 0 Å². The van der Waals surface area contributed by atoms with E-state index in [1.807, 2.05) is 47.2 Å². The van der Waals surface area contributed by atoms with E-state index in [0.29, 0.717) is 24.2 Å². The van der Waals surface area contributed by atoms with Gasteiger partial charge in [0.2, 0.25) is 16.0 Å². The van der Waals surface area contributed by atoms with Crippen LogP contribution in [0.4, 0.5) is 23.0 Å². The Morgan fingerprint density at radius 3 is 2.69 bits per heavy atom. The van der Waals surface area contributed by atoms with Crippen LogP contribution in [0.25, 0.3) is 11.0 Å². The first-order chi connectivity index (χ1) is 16.8. The van der Waals surface area contributed by atoms with Crippen LogP contribution in [0.2, 0.25) is 0 Å². The maximum absolute atomic E-state index is 11.8. The second kappa shape index (κ2) is 9.55.